The van der Waals surface area contributed by atoms with Crippen LogP contribution in [0.15, 0.2) is 29.2 Å². The standard InChI is InChI=1S/C8H15NO2.C7H8O3S/c1-3-11-8(10)7-5-4-6(2)9-7;1-6-2-4-7(5-3-6)11(8,9)10/h6-7,9H,3-5H2,1-2H3;2-5H,1H3,(H,8,9,10)/t6-,7-;/m0./s1. The summed E-state index contributed by atoms with van der Waals surface area (Å²) in [5, 5.41) is 3.16. The summed E-state index contributed by atoms with van der Waals surface area (Å²) in [5.74, 6) is -0.100. The molecule has 0 spiro atoms. The van der Waals surface area contributed by atoms with Gasteiger partial charge in [-0.15, -0.1) is 0 Å². The fourth-order valence-electron chi connectivity index (χ4n) is 2.07. The van der Waals surface area contributed by atoms with Gasteiger partial charge in [-0.1, -0.05) is 17.7 Å². The second kappa shape index (κ2) is 8.26. The molecule has 2 N–H and O–H groups in total. The minimum atomic E-state index is -4.02. The van der Waals surface area contributed by atoms with Crippen molar-refractivity contribution < 1.29 is 22.5 Å². The average Bonchev–Trinajstić information content (AvgIpc) is 2.86. The molecule has 0 aliphatic carbocycles. The first-order valence-electron chi connectivity index (χ1n) is 7.21. The maximum absolute atomic E-state index is 11.1. The van der Waals surface area contributed by atoms with Crippen molar-refractivity contribution in [3.05, 3.63) is 29.8 Å². The molecule has 0 radical (unpaired) electrons. The zero-order valence-corrected chi connectivity index (χ0v) is 13.9. The molecule has 1 aromatic carbocycles. The normalized spacial score (nSPS) is 20.9. The SMILES string of the molecule is CCOC(=O)[C@@H]1CC[C@H](C)N1.Cc1ccc(S(=O)(=O)O)cc1. The molecular weight excluding hydrogens is 306 g/mol. The van der Waals surface area contributed by atoms with Crippen molar-refractivity contribution in [1.82, 2.24) is 5.32 Å². The first-order valence-corrected chi connectivity index (χ1v) is 8.65. The summed E-state index contributed by atoms with van der Waals surface area (Å²) in [6.45, 7) is 6.23. The molecule has 6 nitrogen and oxygen atoms in total. The van der Waals surface area contributed by atoms with Gasteiger partial charge in [0.1, 0.15) is 6.04 Å². The number of hydrogen-bond donors (Lipinski definition) is 2. The van der Waals surface area contributed by atoms with Gasteiger partial charge >= 0.3 is 5.97 Å². The van der Waals surface area contributed by atoms with Crippen LogP contribution in [0.2, 0.25) is 0 Å². The molecule has 0 aromatic heterocycles. The molecule has 1 aliphatic heterocycles. The zero-order valence-electron chi connectivity index (χ0n) is 13.1. The number of ether oxygens (including phenoxy) is 1. The van der Waals surface area contributed by atoms with E-state index in [1.807, 2.05) is 13.8 Å². The molecule has 124 valence electrons. The van der Waals surface area contributed by atoms with Crippen molar-refractivity contribution in [2.24, 2.45) is 0 Å². The lowest BCUT2D eigenvalue weighted by molar-refractivity contribution is -0.145. The molecule has 1 fully saturated rings. The van der Waals surface area contributed by atoms with Gasteiger partial charge in [0.05, 0.1) is 11.5 Å². The summed E-state index contributed by atoms with van der Waals surface area (Å²) in [6.07, 6.45) is 1.99. The van der Waals surface area contributed by atoms with Crippen LogP contribution in [-0.4, -0.2) is 37.6 Å². The van der Waals surface area contributed by atoms with Gasteiger partial charge in [0.2, 0.25) is 0 Å². The number of benzene rings is 1. The smallest absolute Gasteiger partial charge is 0.323 e. The Morgan fingerprint density at radius 3 is 2.32 bits per heavy atom. The summed E-state index contributed by atoms with van der Waals surface area (Å²) in [5.41, 5.74) is 0.956. The number of aryl methyl sites for hydroxylation is 1. The lowest BCUT2D eigenvalue weighted by Gasteiger charge is -2.09. The van der Waals surface area contributed by atoms with Crippen molar-refractivity contribution >= 4 is 16.1 Å². The van der Waals surface area contributed by atoms with Gasteiger partial charge in [0, 0.05) is 6.04 Å². The summed E-state index contributed by atoms with van der Waals surface area (Å²) in [4.78, 5) is 11.0. The molecule has 22 heavy (non-hydrogen) atoms. The van der Waals surface area contributed by atoms with E-state index < -0.39 is 10.1 Å². The molecule has 1 heterocycles. The Labute approximate surface area is 131 Å². The largest absolute Gasteiger partial charge is 0.465 e. The molecule has 0 amide bonds. The molecule has 2 rings (SSSR count). The predicted molar refractivity (Wildman–Crippen MR) is 83.2 cm³/mol. The van der Waals surface area contributed by atoms with Gasteiger partial charge in [-0.3, -0.25) is 9.35 Å². The average molecular weight is 329 g/mol. The van der Waals surface area contributed by atoms with E-state index in [4.69, 9.17) is 9.29 Å². The third-order valence-electron chi connectivity index (χ3n) is 3.26. The Bertz CT molecular complexity index is 582. The van der Waals surface area contributed by atoms with Crippen molar-refractivity contribution in [1.29, 1.82) is 0 Å². The molecule has 2 atom stereocenters. The molecular formula is C15H23NO5S. The Balaban J connectivity index is 0.000000220. The van der Waals surface area contributed by atoms with E-state index in [-0.39, 0.29) is 16.9 Å². The van der Waals surface area contributed by atoms with Gasteiger partial charge in [-0.05, 0) is 45.7 Å². The van der Waals surface area contributed by atoms with Crippen LogP contribution in [0, 0.1) is 6.92 Å². The number of carbonyl (C=O) groups is 1. The number of esters is 1. The van der Waals surface area contributed by atoms with Crippen LogP contribution in [0.3, 0.4) is 0 Å². The molecule has 1 aromatic rings. The Morgan fingerprint density at radius 1 is 1.32 bits per heavy atom. The molecule has 0 saturated carbocycles. The minimum absolute atomic E-state index is 0.0510. The molecule has 0 bridgehead atoms. The summed E-state index contributed by atoms with van der Waals surface area (Å²) in [7, 11) is -4.02. The topological polar surface area (TPSA) is 92.7 Å². The van der Waals surface area contributed by atoms with Gasteiger partial charge in [-0.25, -0.2) is 0 Å². The minimum Gasteiger partial charge on any atom is -0.465 e. The maximum Gasteiger partial charge on any atom is 0.323 e. The van der Waals surface area contributed by atoms with Crippen LogP contribution in [0.4, 0.5) is 0 Å². The maximum atomic E-state index is 11.1. The highest BCUT2D eigenvalue weighted by atomic mass is 32.2. The predicted octanol–water partition coefficient (Wildman–Crippen LogP) is 1.93. The fraction of sp³-hybridized carbons (Fsp3) is 0.533. The van der Waals surface area contributed by atoms with E-state index in [0.29, 0.717) is 12.6 Å². The van der Waals surface area contributed by atoms with E-state index in [0.717, 1.165) is 18.4 Å². The molecule has 1 aliphatic rings. The van der Waals surface area contributed by atoms with Crippen LogP contribution in [0.5, 0.6) is 0 Å². The quantitative estimate of drug-likeness (QED) is 0.650. The number of hydrogen-bond acceptors (Lipinski definition) is 5. The first kappa shape index (κ1) is 18.6. The first-order chi connectivity index (χ1) is 10.2. The highest BCUT2D eigenvalue weighted by Crippen LogP contribution is 2.12. The van der Waals surface area contributed by atoms with Crippen LogP contribution < -0.4 is 5.32 Å². The Morgan fingerprint density at radius 2 is 1.91 bits per heavy atom. The van der Waals surface area contributed by atoms with Gasteiger partial charge in [-0.2, -0.15) is 8.42 Å². The lowest BCUT2D eigenvalue weighted by Crippen LogP contribution is -2.35. The second-order valence-electron chi connectivity index (χ2n) is 5.24. The van der Waals surface area contributed by atoms with Gasteiger partial charge < -0.3 is 10.1 Å². The van der Waals surface area contributed by atoms with Crippen molar-refractivity contribution in [2.45, 2.75) is 50.6 Å². The Kier molecular flexibility index (Phi) is 6.99. The van der Waals surface area contributed by atoms with Crippen LogP contribution in [0.25, 0.3) is 0 Å². The van der Waals surface area contributed by atoms with E-state index in [9.17, 15) is 13.2 Å². The van der Waals surface area contributed by atoms with Crippen LogP contribution in [-0.2, 0) is 19.6 Å². The number of nitrogens with one attached hydrogen (secondary N) is 1. The van der Waals surface area contributed by atoms with E-state index in [1.165, 1.54) is 12.1 Å². The monoisotopic (exact) mass is 329 g/mol. The molecule has 7 heteroatoms. The third kappa shape index (κ3) is 6.13. The highest BCUT2D eigenvalue weighted by Gasteiger charge is 2.27. The summed E-state index contributed by atoms with van der Waals surface area (Å²) >= 11 is 0. The summed E-state index contributed by atoms with van der Waals surface area (Å²) in [6, 6.07) is 6.40. The zero-order chi connectivity index (χ0) is 16.8. The highest BCUT2D eigenvalue weighted by molar-refractivity contribution is 7.85. The van der Waals surface area contributed by atoms with E-state index in [2.05, 4.69) is 12.2 Å². The van der Waals surface area contributed by atoms with Crippen molar-refractivity contribution in [2.75, 3.05) is 6.61 Å². The third-order valence-corrected chi connectivity index (χ3v) is 4.13. The van der Waals surface area contributed by atoms with Gasteiger partial charge in [0.25, 0.3) is 10.1 Å². The second-order valence-corrected chi connectivity index (χ2v) is 6.66. The van der Waals surface area contributed by atoms with Crippen molar-refractivity contribution in [3.63, 3.8) is 0 Å². The Hall–Kier alpha value is -1.44. The van der Waals surface area contributed by atoms with Crippen molar-refractivity contribution in [3.8, 4) is 0 Å². The van der Waals surface area contributed by atoms with Crippen LogP contribution in [0.1, 0.15) is 32.3 Å². The fourth-order valence-corrected chi connectivity index (χ4v) is 2.55. The summed E-state index contributed by atoms with van der Waals surface area (Å²) < 4.78 is 34.4. The number of rotatable bonds is 3. The van der Waals surface area contributed by atoms with Crippen LogP contribution >= 0.6 is 0 Å². The van der Waals surface area contributed by atoms with Gasteiger partial charge in [0.15, 0.2) is 0 Å². The number of carbonyl (C=O) groups excluding carboxylic acids is 1. The van der Waals surface area contributed by atoms with E-state index >= 15 is 0 Å². The lowest BCUT2D eigenvalue weighted by atomic mass is 10.2. The van der Waals surface area contributed by atoms with E-state index in [1.54, 1.807) is 12.1 Å². The molecule has 0 unspecified atom stereocenters. The molecule has 1 saturated heterocycles.